The van der Waals surface area contributed by atoms with Crippen molar-refractivity contribution in [2.75, 3.05) is 39.8 Å². The van der Waals surface area contributed by atoms with Gasteiger partial charge in [-0.2, -0.15) is 0 Å². The van der Waals surface area contributed by atoms with Crippen LogP contribution in [0.15, 0.2) is 0 Å². The van der Waals surface area contributed by atoms with Crippen molar-refractivity contribution in [3.63, 3.8) is 0 Å². The number of hydrogen-bond acceptors (Lipinski definition) is 4. The minimum atomic E-state index is 0.274. The fourth-order valence-electron chi connectivity index (χ4n) is 2.68. The van der Waals surface area contributed by atoms with Crippen LogP contribution in [0.3, 0.4) is 0 Å². The number of hydrogen-bond donors (Lipinski definition) is 2. The Bertz CT molecular complexity index is 195. The van der Waals surface area contributed by atoms with E-state index in [0.717, 1.165) is 32.6 Å². The van der Waals surface area contributed by atoms with Crippen LogP contribution in [0, 0.1) is 0 Å². The Morgan fingerprint density at radius 3 is 2.35 bits per heavy atom. The quantitative estimate of drug-likeness (QED) is 0.707. The molecule has 1 heterocycles. The van der Waals surface area contributed by atoms with E-state index < -0.39 is 0 Å². The fraction of sp³-hybridized carbons (Fsp3) is 1.00. The van der Waals surface area contributed by atoms with Gasteiger partial charge in [-0.25, -0.2) is 0 Å². The Kier molecular flexibility index (Phi) is 6.41. The van der Waals surface area contributed by atoms with E-state index in [-0.39, 0.29) is 6.61 Å². The van der Waals surface area contributed by atoms with E-state index in [1.54, 1.807) is 0 Å². The van der Waals surface area contributed by atoms with Crippen molar-refractivity contribution < 1.29 is 5.11 Å². The SMILES string of the molecule is CCNC(CCO)CN1CC(C)N(C)C(C)C1. The van der Waals surface area contributed by atoms with Crippen LogP contribution in [0.1, 0.15) is 27.2 Å². The second kappa shape index (κ2) is 7.31. The zero-order valence-electron chi connectivity index (χ0n) is 11.8. The van der Waals surface area contributed by atoms with Gasteiger partial charge in [0.15, 0.2) is 0 Å². The van der Waals surface area contributed by atoms with Gasteiger partial charge in [0.25, 0.3) is 0 Å². The van der Waals surface area contributed by atoms with Crippen molar-refractivity contribution in [2.24, 2.45) is 0 Å². The van der Waals surface area contributed by atoms with E-state index in [4.69, 9.17) is 5.11 Å². The minimum Gasteiger partial charge on any atom is -0.396 e. The predicted octanol–water partition coefficient (Wildman–Crippen LogP) is 0.371. The molecule has 0 amide bonds. The first kappa shape index (κ1) is 14.9. The molecule has 1 saturated heterocycles. The summed E-state index contributed by atoms with van der Waals surface area (Å²) in [6, 6.07) is 1.66. The summed E-state index contributed by atoms with van der Waals surface area (Å²) in [6.07, 6.45) is 0.850. The molecule has 0 aliphatic carbocycles. The molecule has 3 atom stereocenters. The summed E-state index contributed by atoms with van der Waals surface area (Å²) in [7, 11) is 2.21. The van der Waals surface area contributed by atoms with Crippen LogP contribution in [-0.4, -0.2) is 72.9 Å². The Morgan fingerprint density at radius 2 is 1.88 bits per heavy atom. The fourth-order valence-corrected chi connectivity index (χ4v) is 2.68. The smallest absolute Gasteiger partial charge is 0.0446 e. The van der Waals surface area contributed by atoms with Crippen LogP contribution >= 0.6 is 0 Å². The van der Waals surface area contributed by atoms with Crippen molar-refractivity contribution >= 4 is 0 Å². The zero-order chi connectivity index (χ0) is 12.8. The lowest BCUT2D eigenvalue weighted by Gasteiger charge is -2.43. The van der Waals surface area contributed by atoms with Crippen molar-refractivity contribution in [1.29, 1.82) is 0 Å². The zero-order valence-corrected chi connectivity index (χ0v) is 11.8. The molecule has 0 radical (unpaired) electrons. The number of aliphatic hydroxyl groups is 1. The molecule has 1 fully saturated rings. The largest absolute Gasteiger partial charge is 0.396 e. The number of likely N-dealkylation sites (N-methyl/N-ethyl adjacent to an activating group) is 2. The summed E-state index contributed by atoms with van der Waals surface area (Å²) in [4.78, 5) is 4.98. The molecular formula is C13H29N3O. The highest BCUT2D eigenvalue weighted by Crippen LogP contribution is 2.13. The lowest BCUT2D eigenvalue weighted by Crippen LogP contribution is -2.57. The van der Waals surface area contributed by atoms with Gasteiger partial charge < -0.3 is 10.4 Å². The molecule has 102 valence electrons. The van der Waals surface area contributed by atoms with Crippen LogP contribution in [0.4, 0.5) is 0 Å². The summed E-state index contributed by atoms with van der Waals surface area (Å²) >= 11 is 0. The van der Waals surface area contributed by atoms with Gasteiger partial charge in [0.2, 0.25) is 0 Å². The van der Waals surface area contributed by atoms with Crippen LogP contribution < -0.4 is 5.32 Å². The normalized spacial score (nSPS) is 29.5. The molecule has 0 aromatic heterocycles. The van der Waals surface area contributed by atoms with Gasteiger partial charge in [-0.15, -0.1) is 0 Å². The third kappa shape index (κ3) is 4.54. The molecule has 17 heavy (non-hydrogen) atoms. The number of rotatable bonds is 6. The van der Waals surface area contributed by atoms with E-state index in [1.807, 2.05) is 0 Å². The Morgan fingerprint density at radius 1 is 1.29 bits per heavy atom. The van der Waals surface area contributed by atoms with Gasteiger partial charge in [-0.05, 0) is 33.9 Å². The third-order valence-electron chi connectivity index (χ3n) is 3.88. The van der Waals surface area contributed by atoms with Crippen LogP contribution in [0.2, 0.25) is 0 Å². The molecule has 0 bridgehead atoms. The number of piperazine rings is 1. The lowest BCUT2D eigenvalue weighted by atomic mass is 10.1. The third-order valence-corrected chi connectivity index (χ3v) is 3.88. The molecule has 0 saturated carbocycles. The van der Waals surface area contributed by atoms with Gasteiger partial charge in [-0.3, -0.25) is 9.80 Å². The summed E-state index contributed by atoms with van der Waals surface area (Å²) in [5.41, 5.74) is 0. The highest BCUT2D eigenvalue weighted by Gasteiger charge is 2.27. The average Bonchev–Trinajstić information content (AvgIpc) is 2.26. The molecule has 4 nitrogen and oxygen atoms in total. The van der Waals surface area contributed by atoms with E-state index in [2.05, 4.69) is 42.9 Å². The summed E-state index contributed by atoms with van der Waals surface area (Å²) in [5, 5.41) is 12.5. The minimum absolute atomic E-state index is 0.274. The van der Waals surface area contributed by atoms with Crippen LogP contribution in [0.25, 0.3) is 0 Å². The molecular weight excluding hydrogens is 214 g/mol. The second-order valence-corrected chi connectivity index (χ2v) is 5.35. The monoisotopic (exact) mass is 243 g/mol. The standard InChI is InChI=1S/C13H29N3O/c1-5-14-13(6-7-17)10-16-8-11(2)15(4)12(3)9-16/h11-14,17H,5-10H2,1-4H3. The molecule has 4 heteroatoms. The van der Waals surface area contributed by atoms with Crippen LogP contribution in [-0.2, 0) is 0 Å². The summed E-state index contributed by atoms with van der Waals surface area (Å²) in [6.45, 7) is 11.3. The first-order valence-corrected chi connectivity index (χ1v) is 6.87. The van der Waals surface area contributed by atoms with Crippen molar-refractivity contribution in [2.45, 2.75) is 45.3 Å². The molecule has 0 spiro atoms. The topological polar surface area (TPSA) is 38.7 Å². The molecule has 1 aliphatic rings. The van der Waals surface area contributed by atoms with E-state index in [9.17, 15) is 0 Å². The second-order valence-electron chi connectivity index (χ2n) is 5.35. The average molecular weight is 243 g/mol. The first-order valence-electron chi connectivity index (χ1n) is 6.87. The number of nitrogens with one attached hydrogen (secondary N) is 1. The van der Waals surface area contributed by atoms with Crippen molar-refractivity contribution in [3.8, 4) is 0 Å². The van der Waals surface area contributed by atoms with Gasteiger partial charge in [0.05, 0.1) is 0 Å². The lowest BCUT2D eigenvalue weighted by molar-refractivity contribution is 0.0525. The Hall–Kier alpha value is -0.160. The molecule has 0 aromatic carbocycles. The van der Waals surface area contributed by atoms with Gasteiger partial charge in [0, 0.05) is 44.4 Å². The van der Waals surface area contributed by atoms with Gasteiger partial charge in [-0.1, -0.05) is 6.92 Å². The number of aliphatic hydroxyl groups excluding tert-OH is 1. The maximum absolute atomic E-state index is 9.07. The van der Waals surface area contributed by atoms with Gasteiger partial charge >= 0.3 is 0 Å². The highest BCUT2D eigenvalue weighted by molar-refractivity contribution is 4.84. The maximum atomic E-state index is 9.07. The van der Waals surface area contributed by atoms with Crippen molar-refractivity contribution in [3.05, 3.63) is 0 Å². The molecule has 1 rings (SSSR count). The summed E-state index contributed by atoms with van der Waals surface area (Å²) < 4.78 is 0. The van der Waals surface area contributed by atoms with Gasteiger partial charge in [0.1, 0.15) is 0 Å². The first-order chi connectivity index (χ1) is 8.08. The molecule has 1 aliphatic heterocycles. The summed E-state index contributed by atoms with van der Waals surface area (Å²) in [5.74, 6) is 0. The number of nitrogens with zero attached hydrogens (tertiary/aromatic N) is 2. The predicted molar refractivity (Wildman–Crippen MR) is 72.3 cm³/mol. The maximum Gasteiger partial charge on any atom is 0.0446 e. The van der Waals surface area contributed by atoms with E-state index >= 15 is 0 Å². The molecule has 3 unspecified atom stereocenters. The van der Waals surface area contributed by atoms with Crippen LogP contribution in [0.5, 0.6) is 0 Å². The van der Waals surface area contributed by atoms with E-state index in [1.165, 1.54) is 0 Å². The Balaban J connectivity index is 2.44. The molecule has 0 aromatic rings. The molecule has 2 N–H and O–H groups in total. The van der Waals surface area contributed by atoms with E-state index in [0.29, 0.717) is 18.1 Å². The highest BCUT2D eigenvalue weighted by atomic mass is 16.3. The Labute approximate surface area is 106 Å². The van der Waals surface area contributed by atoms with Crippen molar-refractivity contribution in [1.82, 2.24) is 15.1 Å².